The number of hydrogen-bond acceptors (Lipinski definition) is 5. The molecule has 6 heteroatoms. The first-order valence-electron chi connectivity index (χ1n) is 10.6. The average molecular weight is 414 g/mol. The van der Waals surface area contributed by atoms with E-state index in [0.717, 1.165) is 61.9 Å². The topological polar surface area (TPSA) is 44.8 Å². The molecule has 5 nitrogen and oxygen atoms in total. The van der Waals surface area contributed by atoms with E-state index in [1.807, 2.05) is 35.2 Å². The number of carbonyl (C=O) groups excluding carboxylic acids is 1. The molecule has 0 radical (unpaired) electrons. The van der Waals surface area contributed by atoms with Crippen molar-refractivity contribution < 1.29 is 9.53 Å². The van der Waals surface area contributed by atoms with Gasteiger partial charge in [0.05, 0.1) is 0 Å². The van der Waals surface area contributed by atoms with Gasteiger partial charge in [-0.3, -0.25) is 9.69 Å². The highest BCUT2D eigenvalue weighted by molar-refractivity contribution is 7.81. The van der Waals surface area contributed by atoms with Gasteiger partial charge in [-0.15, -0.1) is 0 Å². The van der Waals surface area contributed by atoms with Crippen LogP contribution in [0.1, 0.15) is 23.2 Å². The highest BCUT2D eigenvalue weighted by Gasteiger charge is 2.33. The maximum absolute atomic E-state index is 13.4. The number of ether oxygens (including phenoxy) is 1. The van der Waals surface area contributed by atoms with Crippen LogP contribution in [0.15, 0.2) is 42.5 Å². The molecule has 2 aliphatic rings. The Hall–Kier alpha value is -1.60. The minimum absolute atomic E-state index is 0.137. The fourth-order valence-corrected chi connectivity index (χ4v) is 5.01. The molecule has 2 saturated heterocycles. The number of benzene rings is 2. The largest absolute Gasteiger partial charge is 0.385 e. The number of nitrogens with zero attached hydrogens (tertiary/aromatic N) is 2. The van der Waals surface area contributed by atoms with E-state index >= 15 is 0 Å². The van der Waals surface area contributed by atoms with E-state index in [9.17, 15) is 4.79 Å². The minimum atomic E-state index is 0.137. The van der Waals surface area contributed by atoms with Crippen LogP contribution >= 0.6 is 12.6 Å². The molecular weight excluding hydrogens is 382 g/mol. The Morgan fingerprint density at radius 3 is 2.83 bits per heavy atom. The van der Waals surface area contributed by atoms with Gasteiger partial charge < -0.3 is 15.0 Å². The van der Waals surface area contributed by atoms with Gasteiger partial charge >= 0.3 is 0 Å². The lowest BCUT2D eigenvalue weighted by Gasteiger charge is -2.42. The standard InChI is InChI=1S/C23H31N3O2S/c1-28-12-9-19-16-26(11-10-25(19)15-18-13-20(29)14-24-18)23(27)22-8-4-6-17-5-2-3-7-21(17)22/h2-8,18-20,24,29H,9-16H2,1H3/t18-,19-,20-/m0/s1. The second-order valence-electron chi connectivity index (χ2n) is 8.20. The van der Waals surface area contributed by atoms with Crippen LogP contribution in [0.2, 0.25) is 0 Å². The van der Waals surface area contributed by atoms with Gasteiger partial charge in [0.25, 0.3) is 5.91 Å². The monoisotopic (exact) mass is 413 g/mol. The molecule has 29 heavy (non-hydrogen) atoms. The van der Waals surface area contributed by atoms with Gasteiger partial charge in [0.15, 0.2) is 0 Å². The molecule has 2 aromatic rings. The van der Waals surface area contributed by atoms with Crippen LogP contribution in [0.4, 0.5) is 0 Å². The zero-order valence-corrected chi connectivity index (χ0v) is 18.0. The summed E-state index contributed by atoms with van der Waals surface area (Å²) in [5.74, 6) is 0.137. The SMILES string of the molecule is COCC[C@H]1CN(C(=O)c2cccc3ccccc23)CCN1C[C@@H]1C[C@H](S)CN1. The summed E-state index contributed by atoms with van der Waals surface area (Å²) in [6.45, 7) is 5.13. The molecule has 2 aromatic carbocycles. The van der Waals surface area contributed by atoms with Gasteiger partial charge in [-0.2, -0.15) is 12.6 Å². The van der Waals surface area contributed by atoms with Crippen LogP contribution in [0.25, 0.3) is 10.8 Å². The summed E-state index contributed by atoms with van der Waals surface area (Å²) in [6, 6.07) is 14.9. The molecule has 2 fully saturated rings. The summed E-state index contributed by atoms with van der Waals surface area (Å²) in [5.41, 5.74) is 0.803. The average Bonchev–Trinajstić information content (AvgIpc) is 3.16. The summed E-state index contributed by atoms with van der Waals surface area (Å²) < 4.78 is 5.36. The number of fused-ring (bicyclic) bond motifs is 1. The molecule has 0 saturated carbocycles. The van der Waals surface area contributed by atoms with Crippen molar-refractivity contribution in [2.75, 3.05) is 46.4 Å². The Morgan fingerprint density at radius 1 is 1.21 bits per heavy atom. The smallest absolute Gasteiger partial charge is 0.254 e. The quantitative estimate of drug-likeness (QED) is 0.715. The van der Waals surface area contributed by atoms with E-state index in [4.69, 9.17) is 4.74 Å². The number of methoxy groups -OCH3 is 1. The van der Waals surface area contributed by atoms with Crippen LogP contribution in [0.3, 0.4) is 0 Å². The highest BCUT2D eigenvalue weighted by atomic mass is 32.1. The van der Waals surface area contributed by atoms with Gasteiger partial charge in [0, 0.05) is 69.3 Å². The van der Waals surface area contributed by atoms with Crippen LogP contribution in [-0.4, -0.2) is 79.5 Å². The lowest BCUT2D eigenvalue weighted by Crippen LogP contribution is -2.57. The van der Waals surface area contributed by atoms with E-state index in [1.165, 1.54) is 0 Å². The predicted octanol–water partition coefficient (Wildman–Crippen LogP) is 2.66. The first-order chi connectivity index (χ1) is 14.2. The van der Waals surface area contributed by atoms with Crippen molar-refractivity contribution in [3.63, 3.8) is 0 Å². The summed E-state index contributed by atoms with van der Waals surface area (Å²) >= 11 is 4.61. The van der Waals surface area contributed by atoms with Crippen LogP contribution in [0.5, 0.6) is 0 Å². The van der Waals surface area contributed by atoms with E-state index < -0.39 is 0 Å². The molecule has 2 aliphatic heterocycles. The van der Waals surface area contributed by atoms with Crippen molar-refractivity contribution in [2.45, 2.75) is 30.2 Å². The number of amides is 1. The molecule has 0 aromatic heterocycles. The predicted molar refractivity (Wildman–Crippen MR) is 121 cm³/mol. The third-order valence-electron chi connectivity index (χ3n) is 6.22. The molecule has 2 heterocycles. The summed E-state index contributed by atoms with van der Waals surface area (Å²) in [7, 11) is 1.75. The van der Waals surface area contributed by atoms with Gasteiger partial charge in [0.2, 0.25) is 0 Å². The zero-order chi connectivity index (χ0) is 20.2. The van der Waals surface area contributed by atoms with Crippen molar-refractivity contribution in [2.24, 2.45) is 0 Å². The molecule has 0 unspecified atom stereocenters. The second-order valence-corrected chi connectivity index (χ2v) is 8.93. The van der Waals surface area contributed by atoms with Crippen molar-refractivity contribution >= 4 is 29.3 Å². The molecule has 0 spiro atoms. The van der Waals surface area contributed by atoms with Gasteiger partial charge in [-0.25, -0.2) is 0 Å². The Morgan fingerprint density at radius 2 is 2.03 bits per heavy atom. The number of carbonyl (C=O) groups is 1. The third kappa shape index (κ3) is 4.77. The molecule has 1 amide bonds. The second kappa shape index (κ2) is 9.47. The van der Waals surface area contributed by atoms with Crippen molar-refractivity contribution in [1.82, 2.24) is 15.1 Å². The zero-order valence-electron chi connectivity index (χ0n) is 17.1. The summed E-state index contributed by atoms with van der Waals surface area (Å²) in [5, 5.41) is 6.18. The minimum Gasteiger partial charge on any atom is -0.385 e. The molecular formula is C23H31N3O2S. The molecule has 1 N–H and O–H groups in total. The van der Waals surface area contributed by atoms with Crippen molar-refractivity contribution in [3.05, 3.63) is 48.0 Å². The molecule has 0 aliphatic carbocycles. The van der Waals surface area contributed by atoms with E-state index in [0.29, 0.717) is 23.9 Å². The van der Waals surface area contributed by atoms with Gasteiger partial charge in [-0.1, -0.05) is 36.4 Å². The summed E-state index contributed by atoms with van der Waals surface area (Å²) in [6.07, 6.45) is 2.04. The van der Waals surface area contributed by atoms with Crippen molar-refractivity contribution in [1.29, 1.82) is 0 Å². The lowest BCUT2D eigenvalue weighted by molar-refractivity contribution is 0.0370. The van der Waals surface area contributed by atoms with Crippen LogP contribution < -0.4 is 5.32 Å². The molecule has 156 valence electrons. The molecule has 4 rings (SSSR count). The van der Waals surface area contributed by atoms with Crippen LogP contribution in [-0.2, 0) is 4.74 Å². The number of rotatable bonds is 6. The molecule has 0 bridgehead atoms. The molecule has 3 atom stereocenters. The summed E-state index contributed by atoms with van der Waals surface area (Å²) in [4.78, 5) is 17.9. The van der Waals surface area contributed by atoms with Crippen molar-refractivity contribution in [3.8, 4) is 0 Å². The van der Waals surface area contributed by atoms with E-state index in [1.54, 1.807) is 7.11 Å². The first-order valence-corrected chi connectivity index (χ1v) is 11.1. The van der Waals surface area contributed by atoms with E-state index in [-0.39, 0.29) is 5.91 Å². The fourth-order valence-electron chi connectivity index (χ4n) is 4.65. The number of thiol groups is 1. The highest BCUT2D eigenvalue weighted by Crippen LogP contribution is 2.23. The number of nitrogens with one attached hydrogen (secondary N) is 1. The Bertz CT molecular complexity index is 840. The lowest BCUT2D eigenvalue weighted by atomic mass is 10.0. The maximum atomic E-state index is 13.4. The fraction of sp³-hybridized carbons (Fsp3) is 0.522. The number of piperazine rings is 1. The Balaban J connectivity index is 1.48. The Kier molecular flexibility index (Phi) is 6.75. The normalized spacial score (nSPS) is 25.6. The van der Waals surface area contributed by atoms with Gasteiger partial charge in [0.1, 0.15) is 0 Å². The number of hydrogen-bond donors (Lipinski definition) is 2. The van der Waals surface area contributed by atoms with Crippen LogP contribution in [0, 0.1) is 0 Å². The Labute approximate surface area is 178 Å². The third-order valence-corrected chi connectivity index (χ3v) is 6.61. The maximum Gasteiger partial charge on any atom is 0.254 e. The van der Waals surface area contributed by atoms with Gasteiger partial charge in [-0.05, 0) is 29.7 Å². The first kappa shape index (κ1) is 20.7. The van der Waals surface area contributed by atoms with E-state index in [2.05, 4.69) is 35.0 Å².